The van der Waals surface area contributed by atoms with Crippen molar-refractivity contribution >= 4 is 34.3 Å². The van der Waals surface area contributed by atoms with Crippen LogP contribution in [0.2, 0.25) is 5.02 Å². The first-order valence-electron chi connectivity index (χ1n) is 15.4. The number of methoxy groups -OCH3 is 1. The maximum atomic E-state index is 15.3. The largest absolute Gasteiger partial charge is 0.494 e. The van der Waals surface area contributed by atoms with Gasteiger partial charge in [0.2, 0.25) is 11.7 Å². The number of aromatic nitrogens is 3. The summed E-state index contributed by atoms with van der Waals surface area (Å²) in [6.07, 6.45) is 1.64. The second kappa shape index (κ2) is 13.2. The van der Waals surface area contributed by atoms with Gasteiger partial charge in [-0.3, -0.25) is 9.59 Å². The second-order valence-electron chi connectivity index (χ2n) is 11.8. The number of aliphatic hydroxyl groups is 1. The summed E-state index contributed by atoms with van der Waals surface area (Å²) in [6, 6.07) is 10.4. The minimum absolute atomic E-state index is 0.0354. The molecule has 50 heavy (non-hydrogen) atoms. The molecule has 0 aliphatic heterocycles. The van der Waals surface area contributed by atoms with Crippen LogP contribution >= 0.6 is 11.6 Å². The Balaban J connectivity index is 1.46. The lowest BCUT2D eigenvalue weighted by molar-refractivity contribution is -0.117. The Bertz CT molecular complexity index is 2140. The van der Waals surface area contributed by atoms with E-state index >= 15 is 4.39 Å². The van der Waals surface area contributed by atoms with Gasteiger partial charge in [0.1, 0.15) is 45.8 Å². The number of alkyl halides is 1. The fourth-order valence-electron chi connectivity index (χ4n) is 5.61. The lowest BCUT2D eigenvalue weighted by atomic mass is 9.87. The highest BCUT2D eigenvalue weighted by atomic mass is 35.5. The molecule has 2 amide bonds. The molecule has 260 valence electrons. The predicted octanol–water partition coefficient (Wildman–Crippen LogP) is 5.69. The molecule has 3 aromatic carbocycles. The lowest BCUT2D eigenvalue weighted by Crippen LogP contribution is -2.42. The number of nitrogens with two attached hydrogens (primary N) is 1. The molecule has 10 nitrogen and oxygen atoms in total. The molecular formula is C35H30ClF4N5O5. The van der Waals surface area contributed by atoms with Gasteiger partial charge < -0.3 is 25.6 Å². The molecule has 1 atom stereocenters. The van der Waals surface area contributed by atoms with Crippen LogP contribution in [0.5, 0.6) is 11.5 Å². The molecule has 0 radical (unpaired) electrons. The van der Waals surface area contributed by atoms with E-state index in [0.717, 1.165) is 18.2 Å². The molecular weight excluding hydrogens is 682 g/mol. The number of benzene rings is 3. The van der Waals surface area contributed by atoms with Crippen LogP contribution in [0.15, 0.2) is 60.8 Å². The smallest absolute Gasteiger partial charge is 0.251 e. The van der Waals surface area contributed by atoms with E-state index in [1.165, 1.54) is 48.3 Å². The first-order valence-corrected chi connectivity index (χ1v) is 15.8. The van der Waals surface area contributed by atoms with Gasteiger partial charge >= 0.3 is 0 Å². The molecule has 1 fully saturated rings. The molecule has 5 aromatic rings. The lowest BCUT2D eigenvalue weighted by Gasteiger charge is -2.30. The van der Waals surface area contributed by atoms with Crippen molar-refractivity contribution in [3.8, 4) is 22.8 Å². The van der Waals surface area contributed by atoms with Crippen molar-refractivity contribution in [3.05, 3.63) is 106 Å². The topological polar surface area (TPSA) is 142 Å². The Labute approximate surface area is 287 Å². The molecule has 0 bridgehead atoms. The zero-order valence-electron chi connectivity index (χ0n) is 26.7. The number of primary amides is 1. The number of carbonyl (C=O) groups excluding carboxylic acids is 2. The number of fused-ring (bicyclic) bond motifs is 1. The Morgan fingerprint density at radius 1 is 1.10 bits per heavy atom. The van der Waals surface area contributed by atoms with Crippen LogP contribution in [0.4, 0.5) is 17.6 Å². The van der Waals surface area contributed by atoms with E-state index in [1.54, 1.807) is 6.92 Å². The summed E-state index contributed by atoms with van der Waals surface area (Å²) >= 11 is 6.01. The maximum absolute atomic E-state index is 15.3. The van der Waals surface area contributed by atoms with Crippen LogP contribution in [-0.2, 0) is 22.6 Å². The Hall–Kier alpha value is -5.21. The van der Waals surface area contributed by atoms with Gasteiger partial charge in [-0.1, -0.05) is 23.7 Å². The third-order valence-electron chi connectivity index (χ3n) is 8.35. The average Bonchev–Trinajstić information content (AvgIpc) is 3.68. The van der Waals surface area contributed by atoms with E-state index in [2.05, 4.69) is 15.4 Å². The van der Waals surface area contributed by atoms with Gasteiger partial charge in [-0.2, -0.15) is 5.10 Å². The number of hydrogen-bond donors (Lipinski definition) is 3. The highest BCUT2D eigenvalue weighted by Gasteiger charge is 2.46. The van der Waals surface area contributed by atoms with Crippen molar-refractivity contribution in [3.63, 3.8) is 0 Å². The maximum Gasteiger partial charge on any atom is 0.251 e. The van der Waals surface area contributed by atoms with E-state index in [-0.39, 0.29) is 51.7 Å². The molecule has 1 aliphatic rings. The van der Waals surface area contributed by atoms with Crippen molar-refractivity contribution < 1.29 is 41.7 Å². The molecule has 0 spiro atoms. The van der Waals surface area contributed by atoms with Crippen LogP contribution in [0, 0.1) is 17.5 Å². The summed E-state index contributed by atoms with van der Waals surface area (Å²) in [6.45, 7) is 1.07. The van der Waals surface area contributed by atoms with Crippen LogP contribution in [0.3, 0.4) is 0 Å². The number of carbonyl (C=O) groups is 2. The molecule has 2 aromatic heterocycles. The Morgan fingerprint density at radius 3 is 2.46 bits per heavy atom. The van der Waals surface area contributed by atoms with Crippen molar-refractivity contribution in [1.29, 1.82) is 0 Å². The number of pyridine rings is 1. The monoisotopic (exact) mass is 711 g/mol. The van der Waals surface area contributed by atoms with Crippen molar-refractivity contribution in [1.82, 2.24) is 20.1 Å². The molecule has 6 rings (SSSR count). The van der Waals surface area contributed by atoms with E-state index in [4.69, 9.17) is 26.8 Å². The first kappa shape index (κ1) is 34.6. The SMILES string of the molecule is CCOc1c(CC(N)=O)cc([C@@](O)(CNC(=O)c2cc(OC)c3nn(C4(F)CC4)cc3c2)c2ccc(F)cc2)nc1-c1cc(Cl)c(F)cc1F. The van der Waals surface area contributed by atoms with Crippen LogP contribution in [0.25, 0.3) is 22.2 Å². The predicted molar refractivity (Wildman–Crippen MR) is 175 cm³/mol. The van der Waals surface area contributed by atoms with E-state index in [9.17, 15) is 27.9 Å². The third-order valence-corrected chi connectivity index (χ3v) is 8.64. The minimum Gasteiger partial charge on any atom is -0.494 e. The Morgan fingerprint density at radius 2 is 1.82 bits per heavy atom. The average molecular weight is 712 g/mol. The van der Waals surface area contributed by atoms with E-state index in [1.807, 2.05) is 0 Å². The van der Waals surface area contributed by atoms with Gasteiger partial charge in [0.25, 0.3) is 5.91 Å². The summed E-state index contributed by atoms with van der Waals surface area (Å²) in [5, 5.41) is 19.4. The molecule has 0 unspecified atom stereocenters. The molecule has 15 heteroatoms. The highest BCUT2D eigenvalue weighted by Crippen LogP contribution is 2.45. The van der Waals surface area contributed by atoms with E-state index < -0.39 is 58.6 Å². The minimum atomic E-state index is -2.26. The van der Waals surface area contributed by atoms with Gasteiger partial charge in [-0.05, 0) is 48.9 Å². The Kier molecular flexibility index (Phi) is 9.18. The summed E-state index contributed by atoms with van der Waals surface area (Å²) in [4.78, 5) is 30.4. The normalized spacial score (nSPS) is 14.6. The quantitative estimate of drug-likeness (QED) is 0.112. The van der Waals surface area contributed by atoms with E-state index in [0.29, 0.717) is 29.8 Å². The molecule has 4 N–H and O–H groups in total. The van der Waals surface area contributed by atoms with Crippen molar-refractivity contribution in [2.75, 3.05) is 20.3 Å². The number of halogens is 5. The van der Waals surface area contributed by atoms with Gasteiger partial charge in [0.05, 0.1) is 37.4 Å². The fourth-order valence-corrected chi connectivity index (χ4v) is 5.78. The van der Waals surface area contributed by atoms with Gasteiger partial charge in [0, 0.05) is 47.2 Å². The number of nitrogens with one attached hydrogen (secondary N) is 1. The number of amides is 2. The molecule has 2 heterocycles. The van der Waals surface area contributed by atoms with Crippen LogP contribution in [-0.4, -0.2) is 51.9 Å². The van der Waals surface area contributed by atoms with Crippen molar-refractivity contribution in [2.24, 2.45) is 5.73 Å². The zero-order valence-corrected chi connectivity index (χ0v) is 27.5. The first-order chi connectivity index (χ1) is 23.8. The molecule has 1 saturated carbocycles. The van der Waals surface area contributed by atoms with Gasteiger partial charge in [-0.25, -0.2) is 27.2 Å². The number of rotatable bonds is 12. The second-order valence-corrected chi connectivity index (χ2v) is 12.2. The standard InChI is InChI=1S/C35H30ClF4N5O5/c1-3-50-32-18(13-29(41)46)12-28(43-31(32)23-14-24(36)26(39)15-25(23)38)35(48,21-4-6-22(37)7-5-21)17-42-33(47)19-10-20-16-45(34(40)8-9-34)44-30(20)27(11-19)49-2/h4-7,10-12,14-16,48H,3,8-9,13,17H2,1-2H3,(H2,41,46)(H,42,47)/t35-/m1/s1. The number of hydrogen-bond acceptors (Lipinski definition) is 7. The van der Waals surface area contributed by atoms with Crippen LogP contribution < -0.4 is 20.5 Å². The number of ether oxygens (including phenoxy) is 2. The van der Waals surface area contributed by atoms with Crippen molar-refractivity contribution in [2.45, 2.75) is 37.6 Å². The molecule has 0 saturated heterocycles. The summed E-state index contributed by atoms with van der Waals surface area (Å²) in [5.41, 5.74) is 3.03. The fraction of sp³-hybridized carbons (Fsp3) is 0.257. The summed E-state index contributed by atoms with van der Waals surface area (Å²) < 4.78 is 70.7. The summed E-state index contributed by atoms with van der Waals surface area (Å²) in [5.74, 6) is -5.71. The summed E-state index contributed by atoms with van der Waals surface area (Å²) in [7, 11) is 1.38. The van der Waals surface area contributed by atoms with Crippen LogP contribution in [0.1, 0.15) is 46.9 Å². The van der Waals surface area contributed by atoms with Gasteiger partial charge in [-0.15, -0.1) is 0 Å². The zero-order chi connectivity index (χ0) is 36.0. The third kappa shape index (κ3) is 6.55. The highest BCUT2D eigenvalue weighted by molar-refractivity contribution is 6.31. The molecule has 1 aliphatic carbocycles. The number of nitrogens with zero attached hydrogens (tertiary/aromatic N) is 3. The van der Waals surface area contributed by atoms with Gasteiger partial charge in [0.15, 0.2) is 0 Å².